The van der Waals surface area contributed by atoms with Crippen molar-refractivity contribution in [2.24, 2.45) is 0 Å². The van der Waals surface area contributed by atoms with Gasteiger partial charge in [-0.15, -0.1) is 0 Å². The van der Waals surface area contributed by atoms with Crippen LogP contribution in [0.25, 0.3) is 21.5 Å². The molecule has 0 aromatic heterocycles. The lowest BCUT2D eigenvalue weighted by Gasteiger charge is -2.18. The van der Waals surface area contributed by atoms with Crippen LogP contribution in [0.3, 0.4) is 0 Å². The Kier molecular flexibility index (Phi) is 6.03. The highest BCUT2D eigenvalue weighted by Crippen LogP contribution is 2.43. The summed E-state index contributed by atoms with van der Waals surface area (Å²) in [5.41, 5.74) is 2.48. The number of hydrogen-bond acceptors (Lipinski definition) is 2. The van der Waals surface area contributed by atoms with Crippen molar-refractivity contribution in [2.75, 3.05) is 13.2 Å². The Bertz CT molecular complexity index is 820. The zero-order valence-electron chi connectivity index (χ0n) is 16.5. The first-order chi connectivity index (χ1) is 12.7. The summed E-state index contributed by atoms with van der Waals surface area (Å²) in [4.78, 5) is 0. The highest BCUT2D eigenvalue weighted by molar-refractivity contribution is 6.11. The van der Waals surface area contributed by atoms with Gasteiger partial charge in [-0.05, 0) is 38.8 Å². The van der Waals surface area contributed by atoms with E-state index in [1.165, 1.54) is 11.1 Å². The number of ether oxygens (including phenoxy) is 2. The second-order valence-corrected chi connectivity index (χ2v) is 7.16. The van der Waals surface area contributed by atoms with Gasteiger partial charge in [0.15, 0.2) is 0 Å². The van der Waals surface area contributed by atoms with Crippen LogP contribution in [-0.2, 0) is 0 Å². The molecule has 0 fully saturated rings. The van der Waals surface area contributed by atoms with Gasteiger partial charge < -0.3 is 9.47 Å². The molecule has 0 aliphatic rings. The maximum absolute atomic E-state index is 6.29. The van der Waals surface area contributed by atoms with E-state index in [0.717, 1.165) is 71.9 Å². The molecule has 0 N–H and O–H groups in total. The predicted molar refractivity (Wildman–Crippen MR) is 112 cm³/mol. The van der Waals surface area contributed by atoms with Crippen molar-refractivity contribution in [2.45, 2.75) is 53.4 Å². The summed E-state index contributed by atoms with van der Waals surface area (Å²) >= 11 is 0. The predicted octanol–water partition coefficient (Wildman–Crippen LogP) is 6.97. The second kappa shape index (κ2) is 8.44. The zero-order valence-corrected chi connectivity index (χ0v) is 16.5. The monoisotopic (exact) mass is 350 g/mol. The molecule has 138 valence electrons. The molecule has 2 heteroatoms. The van der Waals surface area contributed by atoms with Gasteiger partial charge in [-0.2, -0.15) is 0 Å². The smallest absolute Gasteiger partial charge is 0.135 e. The van der Waals surface area contributed by atoms with Crippen molar-refractivity contribution < 1.29 is 9.47 Å². The normalized spacial score (nSPS) is 11.2. The van der Waals surface area contributed by atoms with Crippen LogP contribution in [0.2, 0.25) is 0 Å². The first kappa shape index (κ1) is 18.6. The van der Waals surface area contributed by atoms with E-state index in [9.17, 15) is 0 Å². The van der Waals surface area contributed by atoms with Crippen molar-refractivity contribution in [3.8, 4) is 11.5 Å². The molecular weight excluding hydrogens is 320 g/mol. The van der Waals surface area contributed by atoms with Gasteiger partial charge in [0.05, 0.1) is 13.2 Å². The SMILES string of the molecule is CCCCOc1c2ccc(C)cc2c(OCCCC)c2ccc(C)cc12. The average Bonchev–Trinajstić information content (AvgIpc) is 2.63. The summed E-state index contributed by atoms with van der Waals surface area (Å²) in [6.45, 7) is 10.1. The Balaban J connectivity index is 2.25. The van der Waals surface area contributed by atoms with E-state index in [2.05, 4.69) is 64.1 Å². The third-order valence-electron chi connectivity index (χ3n) is 4.82. The van der Waals surface area contributed by atoms with Gasteiger partial charge >= 0.3 is 0 Å². The summed E-state index contributed by atoms with van der Waals surface area (Å²) in [5, 5.41) is 4.61. The molecule has 0 radical (unpaired) electrons. The molecule has 0 spiro atoms. The molecule has 0 unspecified atom stereocenters. The summed E-state index contributed by atoms with van der Waals surface area (Å²) in [6, 6.07) is 13.1. The molecule has 0 amide bonds. The Hall–Kier alpha value is -2.22. The molecule has 0 bridgehead atoms. The lowest BCUT2D eigenvalue weighted by atomic mass is 9.97. The molecule has 0 aliphatic carbocycles. The maximum atomic E-state index is 6.29. The Morgan fingerprint density at radius 2 is 1.04 bits per heavy atom. The van der Waals surface area contributed by atoms with Gasteiger partial charge in [0.1, 0.15) is 11.5 Å². The van der Waals surface area contributed by atoms with E-state index < -0.39 is 0 Å². The van der Waals surface area contributed by atoms with E-state index in [4.69, 9.17) is 9.47 Å². The lowest BCUT2D eigenvalue weighted by molar-refractivity contribution is 0.311. The van der Waals surface area contributed by atoms with Crippen molar-refractivity contribution in [3.63, 3.8) is 0 Å². The standard InChI is InChI=1S/C24H30O2/c1-5-7-13-25-23-19-11-9-18(4)16-22(19)24(26-14-8-6-2)20-12-10-17(3)15-21(20)23/h9-12,15-16H,5-8,13-14H2,1-4H3. The molecule has 2 nitrogen and oxygen atoms in total. The maximum Gasteiger partial charge on any atom is 0.135 e. The Morgan fingerprint density at radius 1 is 0.615 bits per heavy atom. The molecule has 0 aliphatic heterocycles. The topological polar surface area (TPSA) is 18.5 Å². The van der Waals surface area contributed by atoms with E-state index in [-0.39, 0.29) is 0 Å². The highest BCUT2D eigenvalue weighted by Gasteiger charge is 2.16. The van der Waals surface area contributed by atoms with Gasteiger partial charge in [-0.1, -0.05) is 62.1 Å². The van der Waals surface area contributed by atoms with Crippen LogP contribution < -0.4 is 9.47 Å². The molecule has 3 aromatic carbocycles. The van der Waals surface area contributed by atoms with E-state index in [0.29, 0.717) is 0 Å². The molecular formula is C24H30O2. The van der Waals surface area contributed by atoms with E-state index >= 15 is 0 Å². The fraction of sp³-hybridized carbons (Fsp3) is 0.417. The number of hydrogen-bond donors (Lipinski definition) is 0. The van der Waals surface area contributed by atoms with Crippen LogP contribution in [0.5, 0.6) is 11.5 Å². The third-order valence-corrected chi connectivity index (χ3v) is 4.82. The molecule has 0 saturated heterocycles. The van der Waals surface area contributed by atoms with Gasteiger partial charge in [0, 0.05) is 21.5 Å². The summed E-state index contributed by atoms with van der Waals surface area (Å²) in [6.07, 6.45) is 4.39. The fourth-order valence-electron chi connectivity index (χ4n) is 3.33. The van der Waals surface area contributed by atoms with Crippen LogP contribution in [0.1, 0.15) is 50.7 Å². The number of benzene rings is 3. The highest BCUT2D eigenvalue weighted by atomic mass is 16.5. The van der Waals surface area contributed by atoms with Crippen molar-refractivity contribution in [1.29, 1.82) is 0 Å². The van der Waals surface area contributed by atoms with Crippen LogP contribution >= 0.6 is 0 Å². The number of unbranched alkanes of at least 4 members (excludes halogenated alkanes) is 2. The molecule has 0 saturated carbocycles. The first-order valence-corrected chi connectivity index (χ1v) is 9.88. The van der Waals surface area contributed by atoms with Gasteiger partial charge in [0.25, 0.3) is 0 Å². The summed E-state index contributed by atoms with van der Waals surface area (Å²) in [7, 11) is 0. The third kappa shape index (κ3) is 3.80. The van der Waals surface area contributed by atoms with Crippen LogP contribution in [0, 0.1) is 13.8 Å². The van der Waals surface area contributed by atoms with Crippen LogP contribution in [0.15, 0.2) is 36.4 Å². The van der Waals surface area contributed by atoms with Gasteiger partial charge in [-0.25, -0.2) is 0 Å². The zero-order chi connectivity index (χ0) is 18.5. The second-order valence-electron chi connectivity index (χ2n) is 7.16. The van der Waals surface area contributed by atoms with Gasteiger partial charge in [0.2, 0.25) is 0 Å². The minimum atomic E-state index is 0.749. The minimum absolute atomic E-state index is 0.749. The van der Waals surface area contributed by atoms with E-state index in [1.807, 2.05) is 0 Å². The summed E-state index contributed by atoms with van der Waals surface area (Å²) < 4.78 is 12.6. The first-order valence-electron chi connectivity index (χ1n) is 9.88. The molecule has 3 aromatic rings. The van der Waals surface area contributed by atoms with Gasteiger partial charge in [-0.3, -0.25) is 0 Å². The minimum Gasteiger partial charge on any atom is -0.492 e. The van der Waals surface area contributed by atoms with Crippen LogP contribution in [0.4, 0.5) is 0 Å². The number of fused-ring (bicyclic) bond motifs is 2. The summed E-state index contributed by atoms with van der Waals surface area (Å²) in [5.74, 6) is 1.99. The van der Waals surface area contributed by atoms with Crippen molar-refractivity contribution in [3.05, 3.63) is 47.5 Å². The Labute approximate surface area is 157 Å². The molecule has 0 atom stereocenters. The lowest BCUT2D eigenvalue weighted by Crippen LogP contribution is -2.02. The number of rotatable bonds is 8. The quantitative estimate of drug-likeness (QED) is 0.323. The van der Waals surface area contributed by atoms with Crippen molar-refractivity contribution >= 4 is 21.5 Å². The molecule has 0 heterocycles. The number of aryl methyl sites for hydroxylation is 2. The Morgan fingerprint density at radius 3 is 1.42 bits per heavy atom. The average molecular weight is 351 g/mol. The van der Waals surface area contributed by atoms with E-state index in [1.54, 1.807) is 0 Å². The fourth-order valence-corrected chi connectivity index (χ4v) is 3.33. The van der Waals surface area contributed by atoms with Crippen LogP contribution in [-0.4, -0.2) is 13.2 Å². The largest absolute Gasteiger partial charge is 0.492 e. The molecule has 26 heavy (non-hydrogen) atoms. The molecule has 3 rings (SSSR count). The van der Waals surface area contributed by atoms with Crippen molar-refractivity contribution in [1.82, 2.24) is 0 Å².